The number of carbonyl (C=O) groups is 1. The van der Waals surface area contributed by atoms with Gasteiger partial charge in [0.25, 0.3) is 0 Å². The molecular weight excluding hydrogens is 229 g/mol. The maximum absolute atomic E-state index is 13.7. The van der Waals surface area contributed by atoms with Gasteiger partial charge in [0.05, 0.1) is 6.54 Å². The Morgan fingerprint density at radius 3 is 2.39 bits per heavy atom. The fourth-order valence-corrected chi connectivity index (χ4v) is 1.65. The number of benzene rings is 1. The van der Waals surface area contributed by atoms with Crippen LogP contribution in [0.2, 0.25) is 0 Å². The van der Waals surface area contributed by atoms with Gasteiger partial charge in [0.15, 0.2) is 5.78 Å². The Hall–Kier alpha value is -1.22. The maximum atomic E-state index is 13.7. The van der Waals surface area contributed by atoms with Crippen molar-refractivity contribution in [3.63, 3.8) is 0 Å². The number of likely N-dealkylation sites (N-methyl/N-ethyl adjacent to an activating group) is 1. The summed E-state index contributed by atoms with van der Waals surface area (Å²) in [6.07, 6.45) is 0. The lowest BCUT2D eigenvalue weighted by Gasteiger charge is -2.27. The molecule has 1 aromatic carbocycles. The maximum Gasteiger partial charge on any atom is 0.152 e. The molecule has 0 saturated heterocycles. The van der Waals surface area contributed by atoms with E-state index in [0.29, 0.717) is 12.1 Å². The minimum atomic E-state index is -0.358. The van der Waals surface area contributed by atoms with Gasteiger partial charge in [0.1, 0.15) is 5.82 Å². The van der Waals surface area contributed by atoms with Crippen molar-refractivity contribution < 1.29 is 9.18 Å². The summed E-state index contributed by atoms with van der Waals surface area (Å²) in [6, 6.07) is 6.58. The van der Waals surface area contributed by atoms with Crippen molar-refractivity contribution in [3.8, 4) is 0 Å². The van der Waals surface area contributed by atoms with E-state index in [0.717, 1.165) is 0 Å². The number of nitrogens with zero attached hydrogens (tertiary/aromatic N) is 1. The molecule has 0 N–H and O–H groups in total. The van der Waals surface area contributed by atoms with E-state index in [1.165, 1.54) is 6.07 Å². The highest BCUT2D eigenvalue weighted by Crippen LogP contribution is 2.23. The first-order valence-corrected chi connectivity index (χ1v) is 6.21. The van der Waals surface area contributed by atoms with E-state index in [1.54, 1.807) is 12.1 Å². The first-order chi connectivity index (χ1) is 8.23. The van der Waals surface area contributed by atoms with Gasteiger partial charge in [0.2, 0.25) is 0 Å². The van der Waals surface area contributed by atoms with Gasteiger partial charge in [-0.3, -0.25) is 9.69 Å². The normalized spacial score (nSPS) is 13.7. The Balaban J connectivity index is 2.77. The molecule has 100 valence electrons. The zero-order valence-corrected chi connectivity index (χ0v) is 11.8. The van der Waals surface area contributed by atoms with Crippen LogP contribution < -0.4 is 0 Å². The molecule has 0 aliphatic heterocycles. The minimum absolute atomic E-state index is 0.113. The zero-order valence-electron chi connectivity index (χ0n) is 11.8. The van der Waals surface area contributed by atoms with Crippen LogP contribution in [0, 0.1) is 11.2 Å². The Bertz CT molecular complexity index is 423. The molecule has 0 aromatic heterocycles. The molecule has 0 saturated carbocycles. The molecule has 0 aliphatic rings. The van der Waals surface area contributed by atoms with E-state index < -0.39 is 0 Å². The van der Waals surface area contributed by atoms with Crippen LogP contribution in [0.1, 0.15) is 39.3 Å². The fraction of sp³-hybridized carbons (Fsp3) is 0.533. The highest BCUT2D eigenvalue weighted by atomic mass is 19.1. The summed E-state index contributed by atoms with van der Waals surface area (Å²) < 4.78 is 13.7. The van der Waals surface area contributed by atoms with Gasteiger partial charge >= 0.3 is 0 Å². The molecule has 1 atom stereocenters. The van der Waals surface area contributed by atoms with Crippen LogP contribution in [0.25, 0.3) is 0 Å². The van der Waals surface area contributed by atoms with E-state index in [1.807, 2.05) is 45.7 Å². The van der Waals surface area contributed by atoms with Crippen LogP contribution in [0.4, 0.5) is 4.39 Å². The third-order valence-electron chi connectivity index (χ3n) is 3.25. The highest BCUT2D eigenvalue weighted by Gasteiger charge is 2.25. The fourth-order valence-electron chi connectivity index (χ4n) is 1.65. The number of rotatable bonds is 4. The summed E-state index contributed by atoms with van der Waals surface area (Å²) in [4.78, 5) is 13.8. The average Bonchev–Trinajstić information content (AvgIpc) is 2.27. The monoisotopic (exact) mass is 251 g/mol. The summed E-state index contributed by atoms with van der Waals surface area (Å²) in [6.45, 7) is 7.94. The van der Waals surface area contributed by atoms with Crippen LogP contribution in [0.15, 0.2) is 24.3 Å². The lowest BCUT2D eigenvalue weighted by atomic mass is 9.90. The molecule has 0 aliphatic carbocycles. The average molecular weight is 251 g/mol. The van der Waals surface area contributed by atoms with E-state index in [4.69, 9.17) is 0 Å². The van der Waals surface area contributed by atoms with Crippen LogP contribution >= 0.6 is 0 Å². The third kappa shape index (κ3) is 3.64. The first-order valence-electron chi connectivity index (χ1n) is 6.21. The first kappa shape index (κ1) is 14.8. The molecule has 0 radical (unpaired) electrons. The zero-order chi connectivity index (χ0) is 13.9. The van der Waals surface area contributed by atoms with E-state index in [2.05, 4.69) is 0 Å². The Kier molecular flexibility index (Phi) is 4.63. The van der Waals surface area contributed by atoms with Crippen molar-refractivity contribution in [2.24, 2.45) is 5.41 Å². The van der Waals surface area contributed by atoms with Crippen LogP contribution in [0.3, 0.4) is 0 Å². The van der Waals surface area contributed by atoms with Crippen LogP contribution in [-0.2, 0) is 4.79 Å². The van der Waals surface area contributed by atoms with Crippen molar-refractivity contribution in [1.82, 2.24) is 4.90 Å². The molecule has 0 bridgehead atoms. The van der Waals surface area contributed by atoms with Crippen LogP contribution in [-0.4, -0.2) is 24.3 Å². The van der Waals surface area contributed by atoms with E-state index in [9.17, 15) is 9.18 Å². The van der Waals surface area contributed by atoms with Crippen molar-refractivity contribution in [1.29, 1.82) is 0 Å². The Morgan fingerprint density at radius 2 is 1.89 bits per heavy atom. The number of ketones is 1. The Labute approximate surface area is 109 Å². The molecule has 3 heteroatoms. The van der Waals surface area contributed by atoms with Gasteiger partial charge in [-0.05, 0) is 20.0 Å². The third-order valence-corrected chi connectivity index (χ3v) is 3.25. The number of hydrogen-bond donors (Lipinski definition) is 0. The summed E-state index contributed by atoms with van der Waals surface area (Å²) in [5.74, 6) is -0.0618. The second-order valence-corrected chi connectivity index (χ2v) is 5.79. The molecule has 1 unspecified atom stereocenters. The Morgan fingerprint density at radius 1 is 1.33 bits per heavy atom. The van der Waals surface area contributed by atoms with Gasteiger partial charge in [-0.25, -0.2) is 4.39 Å². The van der Waals surface area contributed by atoms with Crippen molar-refractivity contribution >= 4 is 5.78 Å². The van der Waals surface area contributed by atoms with Crippen molar-refractivity contribution in [3.05, 3.63) is 35.6 Å². The molecule has 1 aromatic rings. The second kappa shape index (κ2) is 5.61. The quantitative estimate of drug-likeness (QED) is 0.817. The SMILES string of the molecule is CC(c1ccccc1F)N(C)CC(=O)C(C)(C)C. The minimum Gasteiger partial charge on any atom is -0.298 e. The lowest BCUT2D eigenvalue weighted by molar-refractivity contribution is -0.127. The molecule has 0 heterocycles. The predicted molar refractivity (Wildman–Crippen MR) is 71.9 cm³/mol. The highest BCUT2D eigenvalue weighted by molar-refractivity contribution is 5.85. The molecule has 0 fully saturated rings. The predicted octanol–water partition coefficient (Wildman–Crippen LogP) is 3.43. The summed E-state index contributed by atoms with van der Waals surface area (Å²) in [5.41, 5.74) is 0.269. The standard InChI is InChI=1S/C15H22FNO/c1-11(12-8-6-7-9-13(12)16)17(5)10-14(18)15(2,3)4/h6-9,11H,10H2,1-5H3. The smallest absolute Gasteiger partial charge is 0.152 e. The van der Waals surface area contributed by atoms with Gasteiger partial charge in [-0.1, -0.05) is 39.0 Å². The number of hydrogen-bond acceptors (Lipinski definition) is 2. The van der Waals surface area contributed by atoms with Gasteiger partial charge in [-0.2, -0.15) is 0 Å². The van der Waals surface area contributed by atoms with E-state index >= 15 is 0 Å². The van der Waals surface area contributed by atoms with Gasteiger partial charge < -0.3 is 0 Å². The lowest BCUT2D eigenvalue weighted by Crippen LogP contribution is -2.35. The topological polar surface area (TPSA) is 20.3 Å². The second-order valence-electron chi connectivity index (χ2n) is 5.79. The van der Waals surface area contributed by atoms with Gasteiger partial charge in [-0.15, -0.1) is 0 Å². The largest absolute Gasteiger partial charge is 0.298 e. The number of Topliss-reactive ketones (excluding diaryl/α,β-unsaturated/α-hetero) is 1. The van der Waals surface area contributed by atoms with Crippen molar-refractivity contribution in [2.75, 3.05) is 13.6 Å². The summed E-state index contributed by atoms with van der Waals surface area (Å²) in [5, 5.41) is 0. The molecule has 0 amide bonds. The molecule has 0 spiro atoms. The summed E-state index contributed by atoms with van der Waals surface area (Å²) in [7, 11) is 1.85. The molecular formula is C15H22FNO. The number of halogens is 1. The van der Waals surface area contributed by atoms with Crippen molar-refractivity contribution in [2.45, 2.75) is 33.7 Å². The van der Waals surface area contributed by atoms with E-state index in [-0.39, 0.29) is 23.1 Å². The molecule has 18 heavy (non-hydrogen) atoms. The summed E-state index contributed by atoms with van der Waals surface area (Å²) >= 11 is 0. The number of carbonyl (C=O) groups excluding carboxylic acids is 1. The molecule has 2 nitrogen and oxygen atoms in total. The van der Waals surface area contributed by atoms with Gasteiger partial charge in [0, 0.05) is 17.0 Å². The molecule has 1 rings (SSSR count). The van der Waals surface area contributed by atoms with Crippen LogP contribution in [0.5, 0.6) is 0 Å².